The molecule has 0 saturated heterocycles. The SMILES string of the molecule is CCCC(=O)OCC(=O)[C@]1(OC(=O)CCC)[C@H](C)C[C@H]2[C@@H]3[C@H](O)[C@H](O)C4=CC(=O)C=C[C@]4(C)[C@@]3(Cl)[C@@H](Cl)C[C@@]21C. The van der Waals surface area contributed by atoms with E-state index < -0.39 is 81.0 Å². The number of ketones is 2. The summed E-state index contributed by atoms with van der Waals surface area (Å²) in [5.41, 5.74) is -3.56. The topological polar surface area (TPSA) is 127 Å². The summed E-state index contributed by atoms with van der Waals surface area (Å²) in [6, 6.07) is 0. The largest absolute Gasteiger partial charge is 0.457 e. The molecule has 0 amide bonds. The fourth-order valence-corrected chi connectivity index (χ4v) is 9.54. The van der Waals surface area contributed by atoms with Gasteiger partial charge in [0.1, 0.15) is 6.10 Å². The van der Waals surface area contributed by atoms with Gasteiger partial charge in [0.15, 0.2) is 18.0 Å². The normalized spacial score (nSPS) is 43.7. The van der Waals surface area contributed by atoms with Crippen LogP contribution in [0.3, 0.4) is 0 Å². The van der Waals surface area contributed by atoms with Crippen LogP contribution in [0, 0.1) is 28.6 Å². The Morgan fingerprint density at radius 1 is 1.10 bits per heavy atom. The van der Waals surface area contributed by atoms with Crippen LogP contribution in [0.5, 0.6) is 0 Å². The van der Waals surface area contributed by atoms with Crippen molar-refractivity contribution in [1.82, 2.24) is 0 Å². The Labute approximate surface area is 245 Å². The maximum atomic E-state index is 14.1. The first-order valence-corrected chi connectivity index (χ1v) is 15.0. The molecule has 4 aliphatic carbocycles. The van der Waals surface area contributed by atoms with Crippen molar-refractivity contribution in [2.24, 2.45) is 28.6 Å². The number of ether oxygens (including phenoxy) is 2. The Balaban J connectivity index is 1.84. The van der Waals surface area contributed by atoms with Crippen molar-refractivity contribution in [3.8, 4) is 0 Å². The molecule has 10 atom stereocenters. The van der Waals surface area contributed by atoms with Crippen molar-refractivity contribution in [3.05, 3.63) is 23.8 Å². The number of aliphatic hydroxyl groups excluding tert-OH is 2. The van der Waals surface area contributed by atoms with E-state index in [0.29, 0.717) is 24.8 Å². The third kappa shape index (κ3) is 4.23. The van der Waals surface area contributed by atoms with Gasteiger partial charge >= 0.3 is 11.9 Å². The van der Waals surface area contributed by atoms with Crippen molar-refractivity contribution in [3.63, 3.8) is 0 Å². The summed E-state index contributed by atoms with van der Waals surface area (Å²) in [5, 5.41) is 22.1. The average molecular weight is 600 g/mol. The highest BCUT2D eigenvalue weighted by atomic mass is 35.5. The molecule has 4 aliphatic rings. The van der Waals surface area contributed by atoms with Crippen molar-refractivity contribution in [2.45, 2.75) is 101 Å². The van der Waals surface area contributed by atoms with E-state index in [1.165, 1.54) is 12.2 Å². The number of fused-ring (bicyclic) bond motifs is 5. The molecule has 40 heavy (non-hydrogen) atoms. The fourth-order valence-electron chi connectivity index (χ4n) is 8.32. The van der Waals surface area contributed by atoms with Gasteiger partial charge < -0.3 is 19.7 Å². The monoisotopic (exact) mass is 598 g/mol. The lowest BCUT2D eigenvalue weighted by Gasteiger charge is -2.65. The van der Waals surface area contributed by atoms with E-state index in [1.807, 2.05) is 27.7 Å². The molecule has 0 heterocycles. The van der Waals surface area contributed by atoms with E-state index in [2.05, 4.69) is 0 Å². The Morgan fingerprint density at radius 2 is 1.73 bits per heavy atom. The van der Waals surface area contributed by atoms with Gasteiger partial charge in [0.2, 0.25) is 5.78 Å². The number of alkyl halides is 2. The number of esters is 2. The van der Waals surface area contributed by atoms with Gasteiger partial charge in [-0.3, -0.25) is 19.2 Å². The van der Waals surface area contributed by atoms with Gasteiger partial charge in [-0.25, -0.2) is 0 Å². The van der Waals surface area contributed by atoms with Crippen LogP contribution in [0.25, 0.3) is 0 Å². The zero-order valence-electron chi connectivity index (χ0n) is 23.7. The van der Waals surface area contributed by atoms with Crippen LogP contribution in [0.4, 0.5) is 0 Å². The van der Waals surface area contributed by atoms with Crippen LogP contribution >= 0.6 is 23.2 Å². The van der Waals surface area contributed by atoms with E-state index >= 15 is 0 Å². The van der Waals surface area contributed by atoms with Crippen molar-refractivity contribution >= 4 is 46.7 Å². The highest BCUT2D eigenvalue weighted by Gasteiger charge is 2.78. The third-order valence-electron chi connectivity index (χ3n) is 10.2. The highest BCUT2D eigenvalue weighted by molar-refractivity contribution is 6.34. The molecule has 0 aromatic carbocycles. The minimum absolute atomic E-state index is 0.0949. The summed E-state index contributed by atoms with van der Waals surface area (Å²) < 4.78 is 11.5. The second-order valence-corrected chi connectivity index (χ2v) is 13.5. The Hall–Kier alpha value is -1.74. The summed E-state index contributed by atoms with van der Waals surface area (Å²) >= 11 is 14.7. The number of aliphatic hydroxyl groups is 2. The van der Waals surface area contributed by atoms with Gasteiger partial charge in [0, 0.05) is 35.5 Å². The molecule has 0 aliphatic heterocycles. The van der Waals surface area contributed by atoms with E-state index in [4.69, 9.17) is 32.7 Å². The van der Waals surface area contributed by atoms with E-state index in [1.54, 1.807) is 13.0 Å². The van der Waals surface area contributed by atoms with Crippen LogP contribution in [0.1, 0.15) is 73.1 Å². The summed E-state index contributed by atoms with van der Waals surface area (Å²) in [6.45, 7) is 8.54. The number of rotatable bonds is 8. The van der Waals surface area contributed by atoms with Crippen LogP contribution < -0.4 is 0 Å². The van der Waals surface area contributed by atoms with Crippen LogP contribution in [-0.4, -0.2) is 68.4 Å². The molecule has 0 aromatic heterocycles. The molecular weight excluding hydrogens is 559 g/mol. The highest BCUT2D eigenvalue weighted by Crippen LogP contribution is 2.73. The third-order valence-corrected chi connectivity index (χ3v) is 11.7. The molecule has 8 nitrogen and oxygen atoms in total. The summed E-state index contributed by atoms with van der Waals surface area (Å²) in [6.07, 6.45) is 3.39. The van der Waals surface area contributed by atoms with Gasteiger partial charge in [-0.2, -0.15) is 0 Å². The molecule has 0 spiro atoms. The second kappa shape index (κ2) is 10.8. The smallest absolute Gasteiger partial charge is 0.306 e. The molecular formula is C30H40Cl2O8. The number of Topliss-reactive ketones (excluding diaryl/α,β-unsaturated/α-hetero) is 1. The Morgan fingerprint density at radius 3 is 2.35 bits per heavy atom. The van der Waals surface area contributed by atoms with Crippen LogP contribution in [-0.2, 0) is 28.7 Å². The number of allylic oxidation sites excluding steroid dienone is 3. The maximum absolute atomic E-state index is 14.1. The minimum Gasteiger partial charge on any atom is -0.457 e. The predicted octanol–water partition coefficient (Wildman–Crippen LogP) is 4.06. The summed E-state index contributed by atoms with van der Waals surface area (Å²) in [5.74, 6) is -3.78. The molecule has 2 N–H and O–H groups in total. The summed E-state index contributed by atoms with van der Waals surface area (Å²) in [7, 11) is 0. The van der Waals surface area contributed by atoms with Crippen LogP contribution in [0.2, 0.25) is 0 Å². The quantitative estimate of drug-likeness (QED) is 0.316. The lowest BCUT2D eigenvalue weighted by molar-refractivity contribution is -0.201. The zero-order valence-corrected chi connectivity index (χ0v) is 25.3. The second-order valence-electron chi connectivity index (χ2n) is 12.4. The molecule has 0 radical (unpaired) electrons. The molecule has 3 saturated carbocycles. The summed E-state index contributed by atoms with van der Waals surface area (Å²) in [4.78, 5) is 50.2. The minimum atomic E-state index is -1.69. The predicted molar refractivity (Wildman–Crippen MR) is 149 cm³/mol. The zero-order chi connectivity index (χ0) is 29.8. The lowest BCUT2D eigenvalue weighted by Crippen LogP contribution is -2.73. The molecule has 10 heteroatoms. The van der Waals surface area contributed by atoms with Gasteiger partial charge in [0.05, 0.1) is 16.4 Å². The van der Waals surface area contributed by atoms with Crippen LogP contribution in [0.15, 0.2) is 23.8 Å². The molecule has 4 rings (SSSR count). The average Bonchev–Trinajstić information content (AvgIpc) is 3.09. The first-order chi connectivity index (χ1) is 18.6. The molecule has 0 bridgehead atoms. The molecule has 0 aromatic rings. The van der Waals surface area contributed by atoms with Gasteiger partial charge in [-0.1, -0.05) is 40.7 Å². The van der Waals surface area contributed by atoms with Crippen molar-refractivity contribution in [1.29, 1.82) is 0 Å². The number of hydrogen-bond acceptors (Lipinski definition) is 8. The molecule has 3 fully saturated rings. The van der Waals surface area contributed by atoms with Crippen molar-refractivity contribution in [2.75, 3.05) is 6.61 Å². The number of carbonyl (C=O) groups is 4. The van der Waals surface area contributed by atoms with Gasteiger partial charge in [-0.05, 0) is 49.3 Å². The first-order valence-electron chi connectivity index (χ1n) is 14.2. The number of carbonyl (C=O) groups excluding carboxylic acids is 4. The fraction of sp³-hybridized carbons (Fsp3) is 0.733. The van der Waals surface area contributed by atoms with E-state index in [-0.39, 0.29) is 25.0 Å². The lowest BCUT2D eigenvalue weighted by atomic mass is 9.45. The Bertz CT molecular complexity index is 1150. The Kier molecular flexibility index (Phi) is 8.45. The molecule has 222 valence electrons. The molecule has 0 unspecified atom stereocenters. The first kappa shape index (κ1) is 31.2. The van der Waals surface area contributed by atoms with Gasteiger partial charge in [0.25, 0.3) is 0 Å². The number of hydrogen-bond donors (Lipinski definition) is 2. The standard InChI is InChI=1S/C30H40Cl2O8/c1-6-8-22(35)39-15-21(34)30(40-23(36)9-7-2)16(3)12-18-24-26(38)25(37)19-13-17(33)10-11-27(19,4)29(24,32)20(31)14-28(18,30)5/h10-11,13,16,18,20,24-26,37-38H,6-9,12,14-15H2,1-5H3/t16-,18+,20+,24-,25-,26+,27+,28+,29-,30-/m1/s1. The van der Waals surface area contributed by atoms with Gasteiger partial charge in [-0.15, -0.1) is 23.2 Å². The number of halogens is 2. The van der Waals surface area contributed by atoms with E-state index in [0.717, 1.165) is 0 Å². The maximum Gasteiger partial charge on any atom is 0.306 e. The van der Waals surface area contributed by atoms with E-state index in [9.17, 15) is 29.4 Å². The van der Waals surface area contributed by atoms with Crippen molar-refractivity contribution < 1.29 is 38.9 Å².